The quantitative estimate of drug-likeness (QED) is 0.602. The van der Waals surface area contributed by atoms with E-state index in [9.17, 15) is 9.90 Å². The molecule has 1 aliphatic rings. The maximum Gasteiger partial charge on any atom is 0.182 e. The van der Waals surface area contributed by atoms with Crippen LogP contribution in [0.3, 0.4) is 0 Å². The van der Waals surface area contributed by atoms with Crippen molar-refractivity contribution >= 4 is 5.78 Å². The molecule has 0 saturated carbocycles. The molecule has 0 aromatic rings. The second-order valence-corrected chi connectivity index (χ2v) is 3.12. The zero-order valence-electron chi connectivity index (χ0n) is 7.23. The first kappa shape index (κ1) is 9.64. The molecule has 1 aliphatic heterocycles. The summed E-state index contributed by atoms with van der Waals surface area (Å²) in [6.07, 6.45) is -2.14. The van der Waals surface area contributed by atoms with Crippen LogP contribution in [0.2, 0.25) is 0 Å². The Labute approximate surface area is 71.2 Å². The number of carbonyl (C=O) groups is 1. The summed E-state index contributed by atoms with van der Waals surface area (Å²) < 4.78 is 4.89. The van der Waals surface area contributed by atoms with Crippen LogP contribution in [0, 0.1) is 5.92 Å². The number of ether oxygens (including phenoxy) is 1. The molecule has 1 saturated heterocycles. The van der Waals surface area contributed by atoms with Crippen molar-refractivity contribution in [1.29, 1.82) is 0 Å². The Morgan fingerprint density at radius 1 is 1.50 bits per heavy atom. The second kappa shape index (κ2) is 3.51. The summed E-state index contributed by atoms with van der Waals surface area (Å²) in [7, 11) is 0. The van der Waals surface area contributed by atoms with Crippen LogP contribution >= 0.6 is 0 Å². The van der Waals surface area contributed by atoms with Gasteiger partial charge in [0.25, 0.3) is 0 Å². The molecule has 70 valence electrons. The number of carbonyl (C=O) groups excluding carboxylic acids is 1. The van der Waals surface area contributed by atoms with Crippen molar-refractivity contribution in [3.05, 3.63) is 0 Å². The topological polar surface area (TPSA) is 66.8 Å². The van der Waals surface area contributed by atoms with E-state index in [-0.39, 0.29) is 11.7 Å². The number of hydrogen-bond donors (Lipinski definition) is 2. The predicted octanol–water partition coefficient (Wildman–Crippen LogP) is -0.320. The number of rotatable bonds is 2. The van der Waals surface area contributed by atoms with E-state index < -0.39 is 18.5 Å². The lowest BCUT2D eigenvalue weighted by atomic mass is 9.94. The number of hydrogen-bond acceptors (Lipinski definition) is 4. The highest BCUT2D eigenvalue weighted by molar-refractivity contribution is 5.81. The van der Waals surface area contributed by atoms with E-state index in [0.29, 0.717) is 6.42 Å². The zero-order valence-corrected chi connectivity index (χ0v) is 7.23. The average molecular weight is 174 g/mol. The van der Waals surface area contributed by atoms with Crippen molar-refractivity contribution in [2.45, 2.75) is 38.8 Å². The molecule has 4 unspecified atom stereocenters. The fraction of sp³-hybridized carbons (Fsp3) is 0.875. The van der Waals surface area contributed by atoms with E-state index in [2.05, 4.69) is 0 Å². The van der Waals surface area contributed by atoms with Crippen molar-refractivity contribution in [2.75, 3.05) is 0 Å². The van der Waals surface area contributed by atoms with Crippen LogP contribution < -0.4 is 0 Å². The molecule has 0 radical (unpaired) electrons. The minimum absolute atomic E-state index is 0.141. The molecule has 0 aliphatic carbocycles. The Morgan fingerprint density at radius 3 is 2.42 bits per heavy atom. The van der Waals surface area contributed by atoms with Crippen LogP contribution in [0.4, 0.5) is 0 Å². The molecular weight excluding hydrogens is 160 g/mol. The van der Waals surface area contributed by atoms with Crippen LogP contribution in [-0.2, 0) is 9.53 Å². The van der Waals surface area contributed by atoms with Crippen LogP contribution in [0.1, 0.15) is 20.3 Å². The minimum Gasteiger partial charge on any atom is -0.387 e. The van der Waals surface area contributed by atoms with E-state index in [1.165, 1.54) is 6.92 Å². The van der Waals surface area contributed by atoms with E-state index in [0.717, 1.165) is 0 Å². The van der Waals surface area contributed by atoms with Crippen LogP contribution in [0.5, 0.6) is 0 Å². The molecule has 0 spiro atoms. The highest BCUT2D eigenvalue weighted by Crippen LogP contribution is 2.28. The van der Waals surface area contributed by atoms with Gasteiger partial charge in [0.2, 0.25) is 0 Å². The highest BCUT2D eigenvalue weighted by Gasteiger charge is 2.43. The lowest BCUT2D eigenvalue weighted by Crippen LogP contribution is -2.29. The van der Waals surface area contributed by atoms with Crippen LogP contribution in [0.15, 0.2) is 0 Å². The van der Waals surface area contributed by atoms with Gasteiger partial charge in [0.05, 0.1) is 0 Å². The molecule has 1 rings (SSSR count). The number of ketones is 1. The molecule has 0 bridgehead atoms. The molecule has 4 heteroatoms. The van der Waals surface area contributed by atoms with Gasteiger partial charge in [-0.3, -0.25) is 4.79 Å². The third-order valence-corrected chi connectivity index (χ3v) is 2.28. The van der Waals surface area contributed by atoms with Crippen molar-refractivity contribution in [3.63, 3.8) is 0 Å². The predicted molar refractivity (Wildman–Crippen MR) is 41.3 cm³/mol. The largest absolute Gasteiger partial charge is 0.387 e. The van der Waals surface area contributed by atoms with Crippen molar-refractivity contribution in [1.82, 2.24) is 0 Å². The second-order valence-electron chi connectivity index (χ2n) is 3.12. The third-order valence-electron chi connectivity index (χ3n) is 2.28. The van der Waals surface area contributed by atoms with E-state index >= 15 is 0 Å². The Hall–Kier alpha value is -0.450. The lowest BCUT2D eigenvalue weighted by Gasteiger charge is -2.14. The van der Waals surface area contributed by atoms with Crippen LogP contribution in [0.25, 0.3) is 0 Å². The van der Waals surface area contributed by atoms with Crippen molar-refractivity contribution in [2.24, 2.45) is 5.92 Å². The third kappa shape index (κ3) is 1.50. The Balaban J connectivity index is 2.71. The number of Topliss-reactive ketones (excluding diaryl/α,β-unsaturated/α-hetero) is 1. The first-order valence-electron chi connectivity index (χ1n) is 4.10. The smallest absolute Gasteiger partial charge is 0.182 e. The van der Waals surface area contributed by atoms with E-state index in [4.69, 9.17) is 9.84 Å². The van der Waals surface area contributed by atoms with Gasteiger partial charge in [-0.25, -0.2) is 0 Å². The Morgan fingerprint density at radius 2 is 2.08 bits per heavy atom. The summed E-state index contributed by atoms with van der Waals surface area (Å²) in [6.45, 7) is 3.25. The van der Waals surface area contributed by atoms with Gasteiger partial charge in [-0.2, -0.15) is 0 Å². The average Bonchev–Trinajstić information content (AvgIpc) is 2.29. The Kier molecular flexibility index (Phi) is 2.82. The van der Waals surface area contributed by atoms with Gasteiger partial charge in [-0.15, -0.1) is 0 Å². The van der Waals surface area contributed by atoms with Crippen molar-refractivity contribution < 1.29 is 19.7 Å². The molecular formula is C8H14O4. The summed E-state index contributed by atoms with van der Waals surface area (Å²) in [5, 5.41) is 18.4. The van der Waals surface area contributed by atoms with E-state index in [1.807, 2.05) is 6.92 Å². The van der Waals surface area contributed by atoms with Gasteiger partial charge < -0.3 is 14.9 Å². The monoisotopic (exact) mass is 174 g/mol. The molecule has 0 aromatic heterocycles. The SMILES string of the molecule is CCC1C(C(C)=O)OC(O)C1O. The molecule has 1 fully saturated rings. The fourth-order valence-electron chi connectivity index (χ4n) is 1.58. The molecule has 1 heterocycles. The molecule has 2 N–H and O–H groups in total. The summed E-state index contributed by atoms with van der Waals surface area (Å²) in [4.78, 5) is 11.0. The summed E-state index contributed by atoms with van der Waals surface area (Å²) >= 11 is 0. The molecule has 12 heavy (non-hydrogen) atoms. The van der Waals surface area contributed by atoms with Crippen molar-refractivity contribution in [3.8, 4) is 0 Å². The standard InChI is InChI=1S/C8H14O4/c1-3-5-6(10)8(11)12-7(5)4(2)9/h5-8,10-11H,3H2,1-2H3. The zero-order chi connectivity index (χ0) is 9.30. The molecule has 4 atom stereocenters. The molecule has 0 aromatic carbocycles. The van der Waals surface area contributed by atoms with Crippen LogP contribution in [-0.4, -0.2) is 34.5 Å². The minimum atomic E-state index is -1.20. The summed E-state index contributed by atoms with van der Waals surface area (Å²) in [5.41, 5.74) is 0. The number of aliphatic hydroxyl groups is 2. The van der Waals surface area contributed by atoms with Gasteiger partial charge in [-0.05, 0) is 13.3 Å². The lowest BCUT2D eigenvalue weighted by molar-refractivity contribution is -0.147. The first-order chi connectivity index (χ1) is 5.57. The maximum absolute atomic E-state index is 11.0. The normalized spacial score (nSPS) is 41.7. The molecule has 0 amide bonds. The Bertz CT molecular complexity index is 180. The van der Waals surface area contributed by atoms with E-state index in [1.54, 1.807) is 0 Å². The van der Waals surface area contributed by atoms with Gasteiger partial charge in [0.1, 0.15) is 12.2 Å². The molecule has 4 nitrogen and oxygen atoms in total. The van der Waals surface area contributed by atoms with Gasteiger partial charge in [0, 0.05) is 5.92 Å². The maximum atomic E-state index is 11.0. The van der Waals surface area contributed by atoms with Gasteiger partial charge >= 0.3 is 0 Å². The number of aliphatic hydroxyl groups excluding tert-OH is 2. The first-order valence-corrected chi connectivity index (χ1v) is 4.10. The van der Waals surface area contributed by atoms with Gasteiger partial charge in [0.15, 0.2) is 12.1 Å². The fourth-order valence-corrected chi connectivity index (χ4v) is 1.58. The van der Waals surface area contributed by atoms with Gasteiger partial charge in [-0.1, -0.05) is 6.92 Å². The summed E-state index contributed by atoms with van der Waals surface area (Å²) in [5.74, 6) is -0.407. The summed E-state index contributed by atoms with van der Waals surface area (Å²) in [6, 6.07) is 0. The highest BCUT2D eigenvalue weighted by atomic mass is 16.6.